The van der Waals surface area contributed by atoms with Crippen LogP contribution >= 0.6 is 22.3 Å². The van der Waals surface area contributed by atoms with Crippen LogP contribution in [-0.2, 0) is 9.05 Å². The van der Waals surface area contributed by atoms with Crippen molar-refractivity contribution in [1.29, 1.82) is 0 Å². The molecule has 16 heavy (non-hydrogen) atoms. The normalized spacial score (nSPS) is 11.9. The zero-order valence-electron chi connectivity index (χ0n) is 7.62. The summed E-state index contributed by atoms with van der Waals surface area (Å²) in [4.78, 5) is 3.28. The van der Waals surface area contributed by atoms with E-state index in [2.05, 4.69) is 4.98 Å². The Balaban J connectivity index is 2.83. The molecule has 1 aromatic heterocycles. The topological polar surface area (TPSA) is 47.0 Å². The van der Waals surface area contributed by atoms with Crippen LogP contribution in [0.3, 0.4) is 0 Å². The molecule has 1 aromatic carbocycles. The van der Waals surface area contributed by atoms with E-state index in [0.717, 1.165) is 12.1 Å². The van der Waals surface area contributed by atoms with E-state index >= 15 is 0 Å². The summed E-state index contributed by atoms with van der Waals surface area (Å²) in [6.07, 6.45) is 0. The molecule has 0 unspecified atom stereocenters. The Labute approximate surface area is 100 Å². The minimum absolute atomic E-state index is 0.202. The smallest absolute Gasteiger partial charge is 0.236 e. The highest BCUT2D eigenvalue weighted by Crippen LogP contribution is 2.25. The van der Waals surface area contributed by atoms with Crippen LogP contribution in [0.4, 0.5) is 4.39 Å². The largest absolute Gasteiger partial charge is 0.264 e. The van der Waals surface area contributed by atoms with Gasteiger partial charge in [-0.05, 0) is 18.2 Å². The van der Waals surface area contributed by atoms with Crippen LogP contribution in [0.1, 0.15) is 0 Å². The number of rotatable bonds is 1. The summed E-state index contributed by atoms with van der Waals surface area (Å²) in [6, 6.07) is 5.12. The monoisotopic (exact) mass is 279 g/mol. The molecule has 0 atom stereocenters. The molecule has 0 aliphatic carbocycles. The summed E-state index contributed by atoms with van der Waals surface area (Å²) >= 11 is 5.62. The summed E-state index contributed by atoms with van der Waals surface area (Å²) in [6.45, 7) is 0. The molecule has 3 nitrogen and oxygen atoms in total. The Morgan fingerprint density at radius 1 is 1.25 bits per heavy atom. The second-order valence-corrected chi connectivity index (χ2v) is 5.97. The van der Waals surface area contributed by atoms with E-state index in [9.17, 15) is 12.8 Å². The number of pyridine rings is 1. The van der Waals surface area contributed by atoms with Gasteiger partial charge < -0.3 is 0 Å². The van der Waals surface area contributed by atoms with Gasteiger partial charge >= 0.3 is 0 Å². The van der Waals surface area contributed by atoms with Crippen LogP contribution in [0.2, 0.25) is 5.15 Å². The van der Waals surface area contributed by atoms with Crippen molar-refractivity contribution in [2.45, 2.75) is 4.90 Å². The van der Waals surface area contributed by atoms with Crippen molar-refractivity contribution in [1.82, 2.24) is 4.98 Å². The molecule has 0 fully saturated rings. The number of hydrogen-bond donors (Lipinski definition) is 0. The lowest BCUT2D eigenvalue weighted by Gasteiger charge is -2.02. The third-order valence-corrected chi connectivity index (χ3v) is 3.52. The van der Waals surface area contributed by atoms with Crippen LogP contribution < -0.4 is 0 Å². The average molecular weight is 280 g/mol. The average Bonchev–Trinajstić information content (AvgIpc) is 2.14. The number of benzene rings is 1. The fourth-order valence-electron chi connectivity index (χ4n) is 1.29. The maximum atomic E-state index is 13.4. The van der Waals surface area contributed by atoms with Crippen molar-refractivity contribution in [3.05, 3.63) is 35.2 Å². The van der Waals surface area contributed by atoms with Crippen molar-refractivity contribution in [2.24, 2.45) is 0 Å². The van der Waals surface area contributed by atoms with Gasteiger partial charge in [-0.1, -0.05) is 11.6 Å². The van der Waals surface area contributed by atoms with Gasteiger partial charge in [-0.15, -0.1) is 0 Å². The van der Waals surface area contributed by atoms with Crippen molar-refractivity contribution >= 4 is 42.2 Å². The summed E-state index contributed by atoms with van der Waals surface area (Å²) in [5.41, 5.74) is 0.272. The van der Waals surface area contributed by atoms with Gasteiger partial charge in [-0.25, -0.2) is 17.8 Å². The van der Waals surface area contributed by atoms with E-state index in [1.165, 1.54) is 12.1 Å². The molecule has 0 spiro atoms. The Hall–Kier alpha value is -0.910. The van der Waals surface area contributed by atoms with Gasteiger partial charge in [0.1, 0.15) is 15.9 Å². The first-order valence-electron chi connectivity index (χ1n) is 4.08. The van der Waals surface area contributed by atoms with E-state index in [4.69, 9.17) is 22.3 Å². The first-order valence-corrected chi connectivity index (χ1v) is 6.77. The molecule has 2 rings (SSSR count). The third kappa shape index (κ3) is 2.11. The standard InChI is InChI=1S/C9H4Cl2FNO2S/c10-9-2-1-5-3-8(16(11,14)15)6(12)4-7(5)13-9/h1-4H. The van der Waals surface area contributed by atoms with E-state index in [1.807, 2.05) is 0 Å². The number of halogens is 3. The van der Waals surface area contributed by atoms with Crippen molar-refractivity contribution < 1.29 is 12.8 Å². The summed E-state index contributed by atoms with van der Waals surface area (Å²) in [5.74, 6) is -0.947. The second kappa shape index (κ2) is 3.84. The van der Waals surface area contributed by atoms with Crippen LogP contribution in [-0.4, -0.2) is 13.4 Å². The molecule has 0 N–H and O–H groups in total. The van der Waals surface area contributed by atoms with Crippen LogP contribution in [0, 0.1) is 5.82 Å². The zero-order chi connectivity index (χ0) is 11.9. The lowest BCUT2D eigenvalue weighted by atomic mass is 10.2. The molecule has 84 valence electrons. The Morgan fingerprint density at radius 2 is 1.94 bits per heavy atom. The molecule has 2 aromatic rings. The Kier molecular flexibility index (Phi) is 2.77. The lowest BCUT2D eigenvalue weighted by Crippen LogP contribution is -1.96. The number of fused-ring (bicyclic) bond motifs is 1. The molecule has 0 aliphatic rings. The molecule has 0 bridgehead atoms. The van der Waals surface area contributed by atoms with E-state index in [0.29, 0.717) is 5.39 Å². The van der Waals surface area contributed by atoms with E-state index < -0.39 is 19.8 Å². The van der Waals surface area contributed by atoms with Gasteiger partial charge in [0.15, 0.2) is 0 Å². The third-order valence-electron chi connectivity index (χ3n) is 1.97. The maximum Gasteiger partial charge on any atom is 0.264 e. The van der Waals surface area contributed by atoms with E-state index in [-0.39, 0.29) is 10.7 Å². The van der Waals surface area contributed by atoms with Gasteiger partial charge in [0.2, 0.25) is 0 Å². The minimum atomic E-state index is -4.10. The first kappa shape index (κ1) is 11.6. The van der Waals surface area contributed by atoms with Crippen molar-refractivity contribution in [3.63, 3.8) is 0 Å². The van der Waals surface area contributed by atoms with E-state index in [1.54, 1.807) is 0 Å². The molecular weight excluding hydrogens is 276 g/mol. The van der Waals surface area contributed by atoms with Crippen molar-refractivity contribution in [3.8, 4) is 0 Å². The molecular formula is C9H4Cl2FNO2S. The van der Waals surface area contributed by atoms with Gasteiger partial charge in [0.05, 0.1) is 5.52 Å². The molecule has 7 heteroatoms. The number of hydrogen-bond acceptors (Lipinski definition) is 3. The molecule has 0 amide bonds. The first-order chi connectivity index (χ1) is 7.38. The fourth-order valence-corrected chi connectivity index (χ4v) is 2.36. The highest BCUT2D eigenvalue weighted by Gasteiger charge is 2.17. The SMILES string of the molecule is O=S(=O)(Cl)c1cc2ccc(Cl)nc2cc1F. The molecule has 0 radical (unpaired) electrons. The van der Waals surface area contributed by atoms with Gasteiger partial charge in [0, 0.05) is 22.1 Å². The molecule has 0 aliphatic heterocycles. The van der Waals surface area contributed by atoms with Crippen LogP contribution in [0.5, 0.6) is 0 Å². The summed E-state index contributed by atoms with van der Waals surface area (Å²) in [7, 11) is 0.983. The van der Waals surface area contributed by atoms with Crippen LogP contribution in [0.25, 0.3) is 10.9 Å². The zero-order valence-corrected chi connectivity index (χ0v) is 9.94. The van der Waals surface area contributed by atoms with Gasteiger partial charge in [-0.2, -0.15) is 0 Å². The number of nitrogens with zero attached hydrogens (tertiary/aromatic N) is 1. The highest BCUT2D eigenvalue weighted by molar-refractivity contribution is 8.13. The highest BCUT2D eigenvalue weighted by atomic mass is 35.7. The fraction of sp³-hybridized carbons (Fsp3) is 0. The van der Waals surface area contributed by atoms with Crippen molar-refractivity contribution in [2.75, 3.05) is 0 Å². The molecule has 0 saturated carbocycles. The number of aromatic nitrogens is 1. The quantitative estimate of drug-likeness (QED) is 0.596. The summed E-state index contributed by atoms with van der Waals surface area (Å²) < 4.78 is 35.5. The maximum absolute atomic E-state index is 13.4. The lowest BCUT2D eigenvalue weighted by molar-refractivity contribution is 0.577. The summed E-state index contributed by atoms with van der Waals surface area (Å²) in [5, 5.41) is 0.651. The van der Waals surface area contributed by atoms with Gasteiger partial charge in [0.25, 0.3) is 9.05 Å². The van der Waals surface area contributed by atoms with Crippen LogP contribution in [0.15, 0.2) is 29.2 Å². The minimum Gasteiger partial charge on any atom is -0.236 e. The Bertz CT molecular complexity index is 673. The van der Waals surface area contributed by atoms with Gasteiger partial charge in [-0.3, -0.25) is 0 Å². The molecule has 0 saturated heterocycles. The molecule has 1 heterocycles. The predicted octanol–water partition coefficient (Wildman–Crippen LogP) is 2.95. The predicted molar refractivity (Wildman–Crippen MR) is 59.7 cm³/mol. The Morgan fingerprint density at radius 3 is 2.56 bits per heavy atom. The second-order valence-electron chi connectivity index (χ2n) is 3.05.